The molecule has 0 spiro atoms. The van der Waals surface area contributed by atoms with Gasteiger partial charge in [0.1, 0.15) is 15.7 Å². The van der Waals surface area contributed by atoms with Gasteiger partial charge in [0.2, 0.25) is 0 Å². The molecule has 0 amide bonds. The van der Waals surface area contributed by atoms with Crippen molar-refractivity contribution in [1.82, 2.24) is 0 Å². The molecule has 1 atom stereocenters. The van der Waals surface area contributed by atoms with Crippen molar-refractivity contribution in [2.45, 2.75) is 18.9 Å². The third kappa shape index (κ3) is 5.02. The number of rotatable bonds is 5. The molecule has 0 aliphatic heterocycles. The van der Waals surface area contributed by atoms with Gasteiger partial charge in [0, 0.05) is 12.7 Å². The minimum absolute atomic E-state index is 0.00202. The minimum atomic E-state index is -3.11. The Balaban J connectivity index is 2.62. The van der Waals surface area contributed by atoms with E-state index in [9.17, 15) is 17.9 Å². The maximum atomic E-state index is 13.5. The number of hydrogen-bond acceptors (Lipinski definition) is 3. The van der Waals surface area contributed by atoms with Crippen molar-refractivity contribution in [3.05, 3.63) is 34.6 Å². The summed E-state index contributed by atoms with van der Waals surface area (Å²) in [6, 6.07) is 4.53. The molecule has 1 rings (SSSR count). The van der Waals surface area contributed by atoms with Gasteiger partial charge in [-0.1, -0.05) is 23.7 Å². The highest BCUT2D eigenvalue weighted by atomic mass is 35.5. The molecule has 0 aliphatic carbocycles. The van der Waals surface area contributed by atoms with Crippen molar-refractivity contribution >= 4 is 21.4 Å². The van der Waals surface area contributed by atoms with Crippen LogP contribution in [0.2, 0.25) is 5.02 Å². The smallest absolute Gasteiger partial charge is 0.147 e. The monoisotopic (exact) mass is 280 g/mol. The summed E-state index contributed by atoms with van der Waals surface area (Å²) in [4.78, 5) is 0. The number of hydrogen-bond donors (Lipinski definition) is 1. The number of sulfone groups is 1. The molecule has 1 N–H and O–H groups in total. The van der Waals surface area contributed by atoms with E-state index in [1.54, 1.807) is 6.07 Å². The zero-order chi connectivity index (χ0) is 13.1. The van der Waals surface area contributed by atoms with Crippen molar-refractivity contribution in [2.75, 3.05) is 12.0 Å². The summed E-state index contributed by atoms with van der Waals surface area (Å²) in [5.74, 6) is -0.677. The van der Waals surface area contributed by atoms with Crippen LogP contribution >= 0.6 is 11.6 Å². The van der Waals surface area contributed by atoms with Crippen LogP contribution < -0.4 is 0 Å². The van der Waals surface area contributed by atoms with E-state index < -0.39 is 21.8 Å². The van der Waals surface area contributed by atoms with Gasteiger partial charge >= 0.3 is 0 Å². The van der Waals surface area contributed by atoms with Crippen LogP contribution in [0.25, 0.3) is 0 Å². The van der Waals surface area contributed by atoms with Crippen molar-refractivity contribution in [3.8, 4) is 0 Å². The van der Waals surface area contributed by atoms with E-state index in [0.717, 1.165) is 6.26 Å². The van der Waals surface area contributed by atoms with Crippen molar-refractivity contribution in [3.63, 3.8) is 0 Å². The van der Waals surface area contributed by atoms with E-state index in [4.69, 9.17) is 11.6 Å². The van der Waals surface area contributed by atoms with Gasteiger partial charge in [-0.15, -0.1) is 0 Å². The summed E-state index contributed by atoms with van der Waals surface area (Å²) in [7, 11) is -3.11. The fraction of sp³-hybridized carbons (Fsp3) is 0.455. The molecular weight excluding hydrogens is 267 g/mol. The van der Waals surface area contributed by atoms with Gasteiger partial charge in [0.05, 0.1) is 16.9 Å². The van der Waals surface area contributed by atoms with Crippen molar-refractivity contribution < 1.29 is 17.9 Å². The van der Waals surface area contributed by atoms with Crippen molar-refractivity contribution in [2.24, 2.45) is 0 Å². The molecule has 0 radical (unpaired) electrons. The van der Waals surface area contributed by atoms with Gasteiger partial charge in [0.15, 0.2) is 0 Å². The van der Waals surface area contributed by atoms with Gasteiger partial charge in [-0.2, -0.15) is 0 Å². The number of aliphatic hydroxyl groups is 1. The van der Waals surface area contributed by atoms with Crippen LogP contribution in [0.4, 0.5) is 4.39 Å². The SMILES string of the molecule is CS(=O)(=O)CCC(O)Cc1cccc(Cl)c1F. The first kappa shape index (κ1) is 14.4. The van der Waals surface area contributed by atoms with E-state index in [2.05, 4.69) is 0 Å². The van der Waals surface area contributed by atoms with E-state index in [1.165, 1.54) is 12.1 Å². The standard InChI is InChI=1S/C11H14ClFO3S/c1-17(15,16)6-5-9(14)7-8-3-2-4-10(12)11(8)13/h2-4,9,14H,5-7H2,1H3. The molecule has 1 aromatic carbocycles. The van der Waals surface area contributed by atoms with Crippen LogP contribution in [0, 0.1) is 5.82 Å². The molecule has 6 heteroatoms. The molecule has 1 aromatic rings. The molecule has 1 unspecified atom stereocenters. The highest BCUT2D eigenvalue weighted by Gasteiger charge is 2.13. The average molecular weight is 281 g/mol. The van der Waals surface area contributed by atoms with Crippen LogP contribution in [-0.2, 0) is 16.3 Å². The van der Waals surface area contributed by atoms with Crippen molar-refractivity contribution in [1.29, 1.82) is 0 Å². The summed E-state index contributed by atoms with van der Waals surface area (Å²) >= 11 is 5.59. The Bertz CT molecular complexity index is 487. The predicted molar refractivity (Wildman–Crippen MR) is 65.4 cm³/mol. The first-order valence-electron chi connectivity index (χ1n) is 5.08. The lowest BCUT2D eigenvalue weighted by atomic mass is 10.1. The molecule has 0 saturated heterocycles. The maximum absolute atomic E-state index is 13.5. The third-order valence-corrected chi connectivity index (χ3v) is 3.58. The topological polar surface area (TPSA) is 54.4 Å². The molecule has 17 heavy (non-hydrogen) atoms. The Labute approximate surface area is 105 Å². The lowest BCUT2D eigenvalue weighted by Gasteiger charge is -2.11. The second-order valence-electron chi connectivity index (χ2n) is 3.99. The van der Waals surface area contributed by atoms with Crippen LogP contribution in [-0.4, -0.2) is 31.6 Å². The van der Waals surface area contributed by atoms with Gasteiger partial charge in [-0.25, -0.2) is 12.8 Å². The summed E-state index contributed by atoms with van der Waals surface area (Å²) in [5.41, 5.74) is 0.290. The molecule has 96 valence electrons. The highest BCUT2D eigenvalue weighted by Crippen LogP contribution is 2.19. The molecule has 0 aromatic heterocycles. The quantitative estimate of drug-likeness (QED) is 0.895. The third-order valence-electron chi connectivity index (χ3n) is 2.31. The fourth-order valence-corrected chi connectivity index (χ4v) is 2.31. The Hall–Kier alpha value is -0.650. The molecule has 0 heterocycles. The van der Waals surface area contributed by atoms with Crippen LogP contribution in [0.5, 0.6) is 0 Å². The van der Waals surface area contributed by atoms with E-state index in [-0.39, 0.29) is 23.6 Å². The maximum Gasteiger partial charge on any atom is 0.147 e. The Morgan fingerprint density at radius 2 is 2.12 bits per heavy atom. The Morgan fingerprint density at radius 3 is 2.71 bits per heavy atom. The molecular formula is C11H14ClFO3S. The first-order valence-corrected chi connectivity index (χ1v) is 7.52. The predicted octanol–water partition coefficient (Wildman–Crippen LogP) is 1.82. The molecule has 0 bridgehead atoms. The summed E-state index contributed by atoms with van der Waals surface area (Å²) in [5, 5.41) is 9.61. The largest absolute Gasteiger partial charge is 0.393 e. The summed E-state index contributed by atoms with van der Waals surface area (Å²) in [6.07, 6.45) is 0.351. The summed E-state index contributed by atoms with van der Waals surface area (Å²) < 4.78 is 35.3. The van der Waals surface area contributed by atoms with Crippen LogP contribution in [0.15, 0.2) is 18.2 Å². The zero-order valence-electron chi connectivity index (χ0n) is 9.36. The van der Waals surface area contributed by atoms with E-state index in [1.807, 2.05) is 0 Å². The van der Waals surface area contributed by atoms with Gasteiger partial charge in [-0.05, 0) is 18.1 Å². The number of halogens is 2. The van der Waals surface area contributed by atoms with Gasteiger partial charge in [-0.3, -0.25) is 0 Å². The zero-order valence-corrected chi connectivity index (χ0v) is 10.9. The second kappa shape index (κ2) is 5.80. The highest BCUT2D eigenvalue weighted by molar-refractivity contribution is 7.90. The summed E-state index contributed by atoms with van der Waals surface area (Å²) in [6.45, 7) is 0. The Morgan fingerprint density at radius 1 is 1.47 bits per heavy atom. The van der Waals surface area contributed by atoms with Crippen LogP contribution in [0.1, 0.15) is 12.0 Å². The fourth-order valence-electron chi connectivity index (χ4n) is 1.41. The van der Waals surface area contributed by atoms with E-state index in [0.29, 0.717) is 5.56 Å². The molecule has 0 saturated carbocycles. The normalized spacial score (nSPS) is 13.6. The average Bonchev–Trinajstić information content (AvgIpc) is 2.21. The van der Waals surface area contributed by atoms with Gasteiger partial charge in [0.25, 0.3) is 0 Å². The van der Waals surface area contributed by atoms with Gasteiger partial charge < -0.3 is 5.11 Å². The second-order valence-corrected chi connectivity index (χ2v) is 6.66. The van der Waals surface area contributed by atoms with E-state index >= 15 is 0 Å². The molecule has 0 fully saturated rings. The minimum Gasteiger partial charge on any atom is -0.393 e. The molecule has 0 aliphatic rings. The Kier molecular flexibility index (Phi) is 4.91. The number of benzene rings is 1. The first-order chi connectivity index (χ1) is 7.79. The number of aliphatic hydroxyl groups excluding tert-OH is 1. The van der Waals surface area contributed by atoms with Crippen LogP contribution in [0.3, 0.4) is 0 Å². The lowest BCUT2D eigenvalue weighted by Crippen LogP contribution is -2.17. The molecule has 3 nitrogen and oxygen atoms in total. The lowest BCUT2D eigenvalue weighted by molar-refractivity contribution is 0.170.